The maximum atomic E-state index is 11.8. The van der Waals surface area contributed by atoms with Crippen LogP contribution in [0, 0.1) is 0 Å². The van der Waals surface area contributed by atoms with Crippen molar-refractivity contribution in [2.45, 2.75) is 18.5 Å². The zero-order valence-corrected chi connectivity index (χ0v) is 15.9. The van der Waals surface area contributed by atoms with Crippen LogP contribution in [0.15, 0.2) is 11.1 Å². The minimum Gasteiger partial charge on any atom is -0.378 e. The number of aromatic nitrogens is 4. The Bertz CT molecular complexity index is 964. The molecule has 0 aliphatic carbocycles. The first kappa shape index (κ1) is 22.6. The number of nitrogen functional groups attached to an aromatic ring is 1. The van der Waals surface area contributed by atoms with E-state index in [0.29, 0.717) is 0 Å². The predicted molar refractivity (Wildman–Crippen MR) is 93.2 cm³/mol. The van der Waals surface area contributed by atoms with E-state index in [2.05, 4.69) is 15.0 Å². The van der Waals surface area contributed by atoms with Crippen LogP contribution < -0.4 is 11.3 Å². The van der Waals surface area contributed by atoms with E-state index in [1.807, 2.05) is 0 Å². The second-order valence-electron chi connectivity index (χ2n) is 5.71. The van der Waals surface area contributed by atoms with E-state index < -0.39 is 52.3 Å². The molecule has 2 rings (SSSR count). The Labute approximate surface area is 156 Å². The molecule has 2 aromatic rings. The summed E-state index contributed by atoms with van der Waals surface area (Å²) in [6, 6.07) is 0. The van der Waals surface area contributed by atoms with Gasteiger partial charge in [0.2, 0.25) is 5.95 Å². The van der Waals surface area contributed by atoms with Crippen LogP contribution in [0.4, 0.5) is 5.95 Å². The molecule has 0 saturated carbocycles. The van der Waals surface area contributed by atoms with E-state index in [1.54, 1.807) is 0 Å². The fourth-order valence-corrected chi connectivity index (χ4v) is 2.72. The van der Waals surface area contributed by atoms with Crippen LogP contribution in [-0.2, 0) is 25.1 Å². The molecule has 0 saturated heterocycles. The largest absolute Gasteiger partial charge is 0.378 e. The van der Waals surface area contributed by atoms with Gasteiger partial charge in [-0.15, -0.1) is 0 Å². The Hall–Kier alpha value is -1.67. The van der Waals surface area contributed by atoms with Crippen molar-refractivity contribution in [3.63, 3.8) is 0 Å². The van der Waals surface area contributed by atoms with Crippen molar-refractivity contribution in [3.05, 3.63) is 16.7 Å². The second kappa shape index (κ2) is 8.78. The SMILES string of the molecule is Nc1nc2c(ncn2C[C@@H](COCP(=O)(O)O)OCC(O)P(=O)(O)O)c(=O)[nH]1. The van der Waals surface area contributed by atoms with Crippen molar-refractivity contribution in [1.82, 2.24) is 19.5 Å². The van der Waals surface area contributed by atoms with E-state index >= 15 is 0 Å². The molecule has 158 valence electrons. The molecule has 0 bridgehead atoms. The minimum absolute atomic E-state index is 0.0284. The third-order valence-electron chi connectivity index (χ3n) is 3.33. The fraction of sp³-hybridized carbons (Fsp3) is 0.545. The van der Waals surface area contributed by atoms with Gasteiger partial charge in [-0.2, -0.15) is 4.98 Å². The van der Waals surface area contributed by atoms with Gasteiger partial charge in [0, 0.05) is 0 Å². The fourth-order valence-electron chi connectivity index (χ4n) is 2.10. The summed E-state index contributed by atoms with van der Waals surface area (Å²) in [6.45, 7) is -1.32. The van der Waals surface area contributed by atoms with E-state index in [0.717, 1.165) is 0 Å². The number of hydrogen-bond donors (Lipinski definition) is 7. The summed E-state index contributed by atoms with van der Waals surface area (Å²) in [5, 5.41) is 9.41. The Morgan fingerprint density at radius 3 is 2.54 bits per heavy atom. The molecule has 0 amide bonds. The number of anilines is 1. The van der Waals surface area contributed by atoms with E-state index in [9.17, 15) is 19.0 Å². The summed E-state index contributed by atoms with van der Waals surface area (Å²) in [7, 11) is -9.27. The molecule has 0 aromatic carbocycles. The number of aliphatic hydroxyl groups is 1. The van der Waals surface area contributed by atoms with Gasteiger partial charge < -0.3 is 44.5 Å². The van der Waals surface area contributed by atoms with Gasteiger partial charge in [-0.3, -0.25) is 18.9 Å². The molecule has 8 N–H and O–H groups in total. The highest BCUT2D eigenvalue weighted by Gasteiger charge is 2.28. The van der Waals surface area contributed by atoms with Gasteiger partial charge in [-0.1, -0.05) is 0 Å². The molecule has 15 nitrogen and oxygen atoms in total. The van der Waals surface area contributed by atoms with Crippen molar-refractivity contribution >= 4 is 32.3 Å². The first-order valence-corrected chi connectivity index (χ1v) is 11.0. The number of ether oxygens (including phenoxy) is 2. The molecule has 17 heteroatoms. The van der Waals surface area contributed by atoms with Crippen molar-refractivity contribution in [1.29, 1.82) is 0 Å². The lowest BCUT2D eigenvalue weighted by atomic mass is 10.3. The highest BCUT2D eigenvalue weighted by molar-refractivity contribution is 7.52. The van der Waals surface area contributed by atoms with Crippen LogP contribution in [-0.4, -0.2) is 75.7 Å². The molecule has 2 atom stereocenters. The lowest BCUT2D eigenvalue weighted by Gasteiger charge is -2.21. The molecule has 0 spiro atoms. The van der Waals surface area contributed by atoms with E-state index in [1.165, 1.54) is 10.9 Å². The number of H-pyrrole nitrogens is 1. The maximum absolute atomic E-state index is 11.8. The standard InChI is InChI=1S/C11H19N5O10P2/c12-11-14-9-8(10(18)15-11)13-4-16(9)1-6(2-25-5-27(19,20)21)26-3-7(17)28(22,23)24/h4,6-7,17H,1-3,5H2,(H2,19,20,21)(H2,22,23,24)(H3,12,14,15,18)/t6-,7?/m0/s1. The second-order valence-corrected chi connectivity index (χ2v) is 9.07. The number of rotatable bonds is 10. The van der Waals surface area contributed by atoms with Gasteiger partial charge in [0.25, 0.3) is 5.56 Å². The molecule has 2 aromatic heterocycles. The van der Waals surface area contributed by atoms with Crippen molar-refractivity contribution < 1.29 is 43.3 Å². The number of nitrogens with zero attached hydrogens (tertiary/aromatic N) is 3. The molecule has 28 heavy (non-hydrogen) atoms. The average molecular weight is 443 g/mol. The first-order chi connectivity index (χ1) is 12.9. The summed E-state index contributed by atoms with van der Waals surface area (Å²) >= 11 is 0. The van der Waals surface area contributed by atoms with Gasteiger partial charge in [-0.25, -0.2) is 4.98 Å². The Morgan fingerprint density at radius 1 is 1.25 bits per heavy atom. The van der Waals surface area contributed by atoms with Gasteiger partial charge >= 0.3 is 15.2 Å². The van der Waals surface area contributed by atoms with Crippen LogP contribution in [0.3, 0.4) is 0 Å². The lowest BCUT2D eigenvalue weighted by Crippen LogP contribution is -2.29. The normalized spacial score (nSPS) is 15.0. The third-order valence-corrected chi connectivity index (χ3v) is 4.77. The predicted octanol–water partition coefficient (Wildman–Crippen LogP) is -2.27. The van der Waals surface area contributed by atoms with Crippen LogP contribution in [0.1, 0.15) is 0 Å². The molecule has 0 fully saturated rings. The van der Waals surface area contributed by atoms with Crippen LogP contribution in [0.5, 0.6) is 0 Å². The Morgan fingerprint density at radius 2 is 1.93 bits per heavy atom. The zero-order chi connectivity index (χ0) is 21.1. The van der Waals surface area contributed by atoms with Crippen molar-refractivity contribution in [2.24, 2.45) is 0 Å². The summed E-state index contributed by atoms with van der Waals surface area (Å²) in [6.07, 6.45) is -0.721. The summed E-state index contributed by atoms with van der Waals surface area (Å²) in [4.78, 5) is 57.4. The minimum atomic E-state index is -4.82. The highest BCUT2D eigenvalue weighted by Crippen LogP contribution is 2.39. The highest BCUT2D eigenvalue weighted by atomic mass is 31.2. The summed E-state index contributed by atoms with van der Waals surface area (Å²) < 4.78 is 33.3. The van der Waals surface area contributed by atoms with Gasteiger partial charge in [0.15, 0.2) is 17.0 Å². The number of nitrogens with two attached hydrogens (primary N) is 1. The Kier molecular flexibility index (Phi) is 7.09. The molecule has 0 radical (unpaired) electrons. The first-order valence-electron chi connectivity index (χ1n) is 7.54. The zero-order valence-electron chi connectivity index (χ0n) is 14.2. The lowest BCUT2D eigenvalue weighted by molar-refractivity contribution is -0.0388. The monoisotopic (exact) mass is 443 g/mol. The molecular formula is C11H19N5O10P2. The summed E-state index contributed by atoms with van der Waals surface area (Å²) in [5.41, 5.74) is 4.95. The quantitative estimate of drug-likeness (QED) is 0.192. The molecule has 2 heterocycles. The van der Waals surface area contributed by atoms with Crippen LogP contribution >= 0.6 is 15.2 Å². The smallest absolute Gasteiger partial charge is 0.356 e. The van der Waals surface area contributed by atoms with Gasteiger partial charge in [0.1, 0.15) is 6.35 Å². The van der Waals surface area contributed by atoms with Gasteiger partial charge in [0.05, 0.1) is 32.2 Å². The number of imidazole rings is 1. The molecule has 1 unspecified atom stereocenters. The average Bonchev–Trinajstić information content (AvgIpc) is 2.93. The molecular weight excluding hydrogens is 424 g/mol. The maximum Gasteiger partial charge on any atom is 0.356 e. The molecule has 0 aliphatic heterocycles. The topological polar surface area (TPSA) is 243 Å². The number of aliphatic hydroxyl groups excluding tert-OH is 1. The van der Waals surface area contributed by atoms with E-state index in [-0.39, 0.29) is 23.7 Å². The van der Waals surface area contributed by atoms with Crippen molar-refractivity contribution in [3.8, 4) is 0 Å². The van der Waals surface area contributed by atoms with Crippen LogP contribution in [0.2, 0.25) is 0 Å². The number of fused-ring (bicyclic) bond motifs is 1. The van der Waals surface area contributed by atoms with Crippen molar-refractivity contribution in [2.75, 3.05) is 25.3 Å². The summed E-state index contributed by atoms with van der Waals surface area (Å²) in [5.74, 6) is -2.28. The van der Waals surface area contributed by atoms with Crippen LogP contribution in [0.25, 0.3) is 11.2 Å². The number of hydrogen-bond acceptors (Lipinski definition) is 9. The molecule has 0 aliphatic rings. The van der Waals surface area contributed by atoms with E-state index in [4.69, 9.17) is 34.8 Å². The van der Waals surface area contributed by atoms with Gasteiger partial charge in [-0.05, 0) is 0 Å². The third kappa shape index (κ3) is 6.44. The number of aromatic amines is 1. The number of nitrogens with one attached hydrogen (secondary N) is 1. The Balaban J connectivity index is 2.17.